The molecular formula is C28H35N7O2S. The molecule has 2 aliphatic rings. The Hall–Kier alpha value is -3.50. The van der Waals surface area contributed by atoms with Gasteiger partial charge in [-0.05, 0) is 76.2 Å². The highest BCUT2D eigenvalue weighted by Crippen LogP contribution is 2.32. The van der Waals surface area contributed by atoms with Crippen molar-refractivity contribution in [3.8, 4) is 0 Å². The maximum Gasteiger partial charge on any atom is 0.229 e. The molecule has 5 rings (SSSR count). The van der Waals surface area contributed by atoms with Crippen molar-refractivity contribution < 1.29 is 9.00 Å². The average Bonchev–Trinajstić information content (AvgIpc) is 3.77. The van der Waals surface area contributed by atoms with Crippen LogP contribution in [0.4, 0.5) is 34.5 Å². The minimum atomic E-state index is -1.49. The van der Waals surface area contributed by atoms with Crippen molar-refractivity contribution >= 4 is 51.3 Å². The highest BCUT2D eigenvalue weighted by molar-refractivity contribution is 7.87. The van der Waals surface area contributed by atoms with Gasteiger partial charge in [0.1, 0.15) is 22.1 Å². The van der Waals surface area contributed by atoms with Crippen LogP contribution in [0.5, 0.6) is 0 Å². The fourth-order valence-corrected chi connectivity index (χ4v) is 5.32. The molecule has 9 nitrogen and oxygen atoms in total. The third-order valence-corrected chi connectivity index (χ3v) is 8.32. The van der Waals surface area contributed by atoms with Crippen LogP contribution < -0.4 is 20.3 Å². The third kappa shape index (κ3) is 6.49. The van der Waals surface area contributed by atoms with E-state index in [0.29, 0.717) is 17.5 Å². The number of carbonyl (C=O) groups is 1. The molecule has 0 radical (unpaired) electrons. The van der Waals surface area contributed by atoms with Gasteiger partial charge >= 0.3 is 0 Å². The molecule has 1 aliphatic carbocycles. The van der Waals surface area contributed by atoms with Crippen LogP contribution in [0.3, 0.4) is 0 Å². The molecule has 1 aromatic heterocycles. The van der Waals surface area contributed by atoms with Gasteiger partial charge in [0.25, 0.3) is 0 Å². The molecule has 200 valence electrons. The first-order valence-electron chi connectivity index (χ1n) is 13.1. The van der Waals surface area contributed by atoms with Crippen LogP contribution in [0.1, 0.15) is 25.3 Å². The molecule has 0 amide bonds. The van der Waals surface area contributed by atoms with Crippen LogP contribution in [0.15, 0.2) is 54.7 Å². The second-order valence-corrected chi connectivity index (χ2v) is 11.6. The molecule has 3 aromatic rings. The van der Waals surface area contributed by atoms with E-state index in [4.69, 9.17) is 0 Å². The molecule has 1 aliphatic heterocycles. The third-order valence-electron chi connectivity index (χ3n) is 7.01. The monoisotopic (exact) mass is 533 g/mol. The van der Waals surface area contributed by atoms with E-state index in [9.17, 15) is 9.00 Å². The Morgan fingerprint density at radius 3 is 2.42 bits per heavy atom. The smallest absolute Gasteiger partial charge is 0.229 e. The van der Waals surface area contributed by atoms with Crippen molar-refractivity contribution in [2.45, 2.75) is 31.9 Å². The highest BCUT2D eigenvalue weighted by Gasteiger charge is 2.35. The molecule has 38 heavy (non-hydrogen) atoms. The Kier molecular flexibility index (Phi) is 7.90. The predicted octanol–water partition coefficient (Wildman–Crippen LogP) is 4.47. The lowest BCUT2D eigenvalue weighted by Crippen LogP contribution is -2.44. The summed E-state index contributed by atoms with van der Waals surface area (Å²) in [7, 11) is 0.673. The SMILES string of the molecule is Cc1cnc(Nc2ccc(N3CCN(C)CC3)cc2)nc1Nc1cccc(NS(=O)C(C)C(=O)C2CC2)c1. The van der Waals surface area contributed by atoms with Gasteiger partial charge in [-0.15, -0.1) is 0 Å². The summed E-state index contributed by atoms with van der Waals surface area (Å²) in [4.78, 5) is 26.1. The van der Waals surface area contributed by atoms with Crippen LogP contribution >= 0.6 is 0 Å². The zero-order chi connectivity index (χ0) is 26.6. The summed E-state index contributed by atoms with van der Waals surface area (Å²) >= 11 is 0. The van der Waals surface area contributed by atoms with Gasteiger partial charge in [0.2, 0.25) is 5.95 Å². The number of hydrogen-bond acceptors (Lipinski definition) is 8. The lowest BCUT2D eigenvalue weighted by atomic mass is 10.2. The molecule has 2 atom stereocenters. The first-order chi connectivity index (χ1) is 18.4. The minimum absolute atomic E-state index is 0.0794. The Morgan fingerprint density at radius 2 is 1.71 bits per heavy atom. The van der Waals surface area contributed by atoms with Crippen molar-refractivity contribution in [1.82, 2.24) is 14.9 Å². The number of benzene rings is 2. The Balaban J connectivity index is 1.22. The molecule has 2 aromatic carbocycles. The molecule has 0 spiro atoms. The standard InChI is InChI=1S/C28H35N7O2S/c1-19-18-29-28(31-22-9-11-25(12-10-22)35-15-13-34(3)14-16-35)32-27(19)30-23-5-4-6-24(17-23)33-38(37)20(2)26(36)21-7-8-21/h4-6,9-12,17-18,20-21,33H,7-8,13-16H2,1-3H3,(H2,29,30,31,32). The average molecular weight is 534 g/mol. The number of carbonyl (C=O) groups excluding carboxylic acids is 1. The van der Waals surface area contributed by atoms with E-state index in [1.54, 1.807) is 13.1 Å². The zero-order valence-corrected chi connectivity index (χ0v) is 22.9. The molecule has 10 heteroatoms. The molecule has 3 N–H and O–H groups in total. The van der Waals surface area contributed by atoms with Crippen molar-refractivity contribution in [3.05, 3.63) is 60.3 Å². The second-order valence-electron chi connectivity index (χ2n) is 10.1. The van der Waals surface area contributed by atoms with Gasteiger partial charge in [0.05, 0.1) is 0 Å². The van der Waals surface area contributed by atoms with Gasteiger partial charge in [0, 0.05) is 66.6 Å². The summed E-state index contributed by atoms with van der Waals surface area (Å²) in [5.74, 6) is 1.33. The number of anilines is 6. The number of Topliss-reactive ketones (excluding diaryl/α,β-unsaturated/α-hetero) is 1. The van der Waals surface area contributed by atoms with Gasteiger partial charge in [-0.25, -0.2) is 9.19 Å². The van der Waals surface area contributed by atoms with E-state index in [1.165, 1.54) is 5.69 Å². The second kappa shape index (κ2) is 11.5. The van der Waals surface area contributed by atoms with Gasteiger partial charge < -0.3 is 25.2 Å². The predicted molar refractivity (Wildman–Crippen MR) is 155 cm³/mol. The molecule has 1 saturated carbocycles. The first kappa shape index (κ1) is 26.1. The number of likely N-dealkylation sites (N-methyl/N-ethyl adjacent to an activating group) is 1. The molecule has 2 unspecified atom stereocenters. The molecular weight excluding hydrogens is 498 g/mol. The van der Waals surface area contributed by atoms with E-state index in [2.05, 4.69) is 54.3 Å². The Labute approximate surface area is 226 Å². The molecule has 1 saturated heterocycles. The van der Waals surface area contributed by atoms with Crippen LogP contribution in [-0.2, 0) is 15.8 Å². The van der Waals surface area contributed by atoms with Crippen LogP contribution in [0.25, 0.3) is 0 Å². The van der Waals surface area contributed by atoms with Gasteiger partial charge in [-0.2, -0.15) is 4.98 Å². The summed E-state index contributed by atoms with van der Waals surface area (Å²) in [6, 6.07) is 15.8. The first-order valence-corrected chi connectivity index (χ1v) is 14.3. The number of ketones is 1. The van der Waals surface area contributed by atoms with Crippen molar-refractivity contribution in [1.29, 1.82) is 0 Å². The molecule has 0 bridgehead atoms. The normalized spacial score (nSPS) is 17.5. The van der Waals surface area contributed by atoms with E-state index in [0.717, 1.165) is 56.0 Å². The van der Waals surface area contributed by atoms with Crippen molar-refractivity contribution in [3.63, 3.8) is 0 Å². The zero-order valence-electron chi connectivity index (χ0n) is 22.1. The van der Waals surface area contributed by atoms with Crippen molar-refractivity contribution in [2.24, 2.45) is 5.92 Å². The summed E-state index contributed by atoms with van der Waals surface area (Å²) in [6.07, 6.45) is 3.60. The van der Waals surface area contributed by atoms with Crippen molar-refractivity contribution in [2.75, 3.05) is 53.5 Å². The Morgan fingerprint density at radius 1 is 1.00 bits per heavy atom. The summed E-state index contributed by atoms with van der Waals surface area (Å²) in [5, 5.41) is 6.10. The minimum Gasteiger partial charge on any atom is -0.369 e. The number of hydrogen-bond donors (Lipinski definition) is 3. The van der Waals surface area contributed by atoms with E-state index < -0.39 is 16.2 Å². The fraction of sp³-hybridized carbons (Fsp3) is 0.393. The van der Waals surface area contributed by atoms with E-state index in [-0.39, 0.29) is 11.7 Å². The number of aromatic nitrogens is 2. The van der Waals surface area contributed by atoms with Gasteiger partial charge in [-0.1, -0.05) is 6.07 Å². The summed E-state index contributed by atoms with van der Waals surface area (Å²) in [6.45, 7) is 7.88. The number of nitrogens with one attached hydrogen (secondary N) is 3. The number of rotatable bonds is 10. The quantitative estimate of drug-likeness (QED) is 0.351. The van der Waals surface area contributed by atoms with Crippen LogP contribution in [0.2, 0.25) is 0 Å². The lowest BCUT2D eigenvalue weighted by Gasteiger charge is -2.34. The van der Waals surface area contributed by atoms with E-state index in [1.807, 2.05) is 43.3 Å². The van der Waals surface area contributed by atoms with Crippen LogP contribution in [-0.4, -0.2) is 63.3 Å². The van der Waals surface area contributed by atoms with Gasteiger partial charge in [-0.3, -0.25) is 4.79 Å². The molecule has 2 fully saturated rings. The molecule has 2 heterocycles. The van der Waals surface area contributed by atoms with E-state index >= 15 is 0 Å². The number of piperazine rings is 1. The largest absolute Gasteiger partial charge is 0.369 e. The number of nitrogens with zero attached hydrogens (tertiary/aromatic N) is 4. The maximum absolute atomic E-state index is 12.7. The summed E-state index contributed by atoms with van der Waals surface area (Å²) < 4.78 is 15.7. The Bertz CT molecular complexity index is 1300. The summed E-state index contributed by atoms with van der Waals surface area (Å²) in [5.41, 5.74) is 4.50. The van der Waals surface area contributed by atoms with Gasteiger partial charge in [0.15, 0.2) is 5.78 Å². The topological polar surface area (TPSA) is 102 Å². The lowest BCUT2D eigenvalue weighted by molar-refractivity contribution is -0.119. The van der Waals surface area contributed by atoms with Crippen LogP contribution in [0, 0.1) is 12.8 Å². The highest BCUT2D eigenvalue weighted by atomic mass is 32.2. The maximum atomic E-state index is 12.7. The number of aryl methyl sites for hydroxylation is 1. The fourth-order valence-electron chi connectivity index (χ4n) is 4.39.